The molecule has 1 aliphatic rings. The first-order valence-corrected chi connectivity index (χ1v) is 8.93. The van der Waals surface area contributed by atoms with Crippen molar-refractivity contribution in [3.05, 3.63) is 54.6 Å². The molecule has 0 N–H and O–H groups in total. The fourth-order valence-electron chi connectivity index (χ4n) is 2.64. The second-order valence-corrected chi connectivity index (χ2v) is 7.20. The summed E-state index contributed by atoms with van der Waals surface area (Å²) in [6, 6.07) is 14.5. The summed E-state index contributed by atoms with van der Waals surface area (Å²) in [5.41, 5.74) is 0.543. The first-order valence-electron chi connectivity index (χ1n) is 7.49. The van der Waals surface area contributed by atoms with Gasteiger partial charge in [-0.25, -0.2) is 8.42 Å². The number of hydrogen-bond donors (Lipinski definition) is 0. The maximum Gasteiger partial charge on any atom is 0.325 e. The Balaban J connectivity index is 2.17. The zero-order valence-electron chi connectivity index (χ0n) is 13.5. The summed E-state index contributed by atoms with van der Waals surface area (Å²) in [6.45, 7) is -0.761. The second kappa shape index (κ2) is 6.56. The predicted octanol–water partition coefficient (Wildman–Crippen LogP) is 1.40. The van der Waals surface area contributed by atoms with Crippen LogP contribution in [0.2, 0.25) is 0 Å². The van der Waals surface area contributed by atoms with Crippen LogP contribution in [0.4, 0.5) is 11.4 Å². The molecule has 0 saturated heterocycles. The zero-order valence-corrected chi connectivity index (χ0v) is 14.3. The third-order valence-corrected chi connectivity index (χ3v) is 5.68. The Hall–Kier alpha value is -2.87. The normalized spacial score (nSPS) is 16.1. The van der Waals surface area contributed by atoms with E-state index in [2.05, 4.69) is 4.74 Å². The summed E-state index contributed by atoms with van der Waals surface area (Å²) in [5, 5.41) is 0. The van der Waals surface area contributed by atoms with Crippen LogP contribution >= 0.6 is 0 Å². The van der Waals surface area contributed by atoms with E-state index < -0.39 is 28.4 Å². The third kappa shape index (κ3) is 3.08. The van der Waals surface area contributed by atoms with Crippen molar-refractivity contribution in [2.45, 2.75) is 4.90 Å². The van der Waals surface area contributed by atoms with Crippen LogP contribution in [0.25, 0.3) is 0 Å². The van der Waals surface area contributed by atoms with Gasteiger partial charge in [0.05, 0.1) is 18.5 Å². The number of nitrogens with zero attached hydrogens (tertiary/aromatic N) is 2. The standard InChI is InChI=1S/C17H16N2O5S/c1-24-17(21)12-18-14-9-5-6-10-15(14)25(22,23)19(11-16(18)20)13-7-3-2-4-8-13/h2-10H,11-12H2,1H3. The molecule has 2 aromatic rings. The number of anilines is 2. The fraction of sp³-hybridized carbons (Fsp3) is 0.176. The van der Waals surface area contributed by atoms with Crippen LogP contribution in [0.15, 0.2) is 59.5 Å². The van der Waals surface area contributed by atoms with Crippen LogP contribution in [-0.2, 0) is 24.3 Å². The molecule has 0 spiro atoms. The molecule has 8 heteroatoms. The summed E-state index contributed by atoms with van der Waals surface area (Å²) in [7, 11) is -2.75. The van der Waals surface area contributed by atoms with Gasteiger partial charge in [-0.3, -0.25) is 18.8 Å². The zero-order chi connectivity index (χ0) is 18.0. The number of esters is 1. The number of methoxy groups -OCH3 is 1. The number of benzene rings is 2. The van der Waals surface area contributed by atoms with E-state index in [9.17, 15) is 18.0 Å². The molecule has 0 aromatic heterocycles. The number of rotatable bonds is 3. The summed E-state index contributed by atoms with van der Waals surface area (Å²) >= 11 is 0. The van der Waals surface area contributed by atoms with Gasteiger partial charge in [-0.05, 0) is 24.3 Å². The molecular weight excluding hydrogens is 344 g/mol. The van der Waals surface area contributed by atoms with Crippen LogP contribution in [0.1, 0.15) is 0 Å². The lowest BCUT2D eigenvalue weighted by Crippen LogP contribution is -2.41. The number of hydrogen-bond acceptors (Lipinski definition) is 5. The fourth-order valence-corrected chi connectivity index (χ4v) is 4.25. The Bertz CT molecular complexity index is 912. The summed E-state index contributed by atoms with van der Waals surface area (Å²) in [5.74, 6) is -1.14. The average molecular weight is 360 g/mol. The molecule has 0 atom stereocenters. The second-order valence-electron chi connectivity index (χ2n) is 5.37. The van der Waals surface area contributed by atoms with Gasteiger partial charge in [0.2, 0.25) is 5.91 Å². The minimum Gasteiger partial charge on any atom is -0.468 e. The van der Waals surface area contributed by atoms with E-state index in [1.165, 1.54) is 19.2 Å². The molecule has 3 rings (SSSR count). The molecule has 1 aliphatic heterocycles. The van der Waals surface area contributed by atoms with E-state index >= 15 is 0 Å². The minimum absolute atomic E-state index is 0.0337. The molecule has 25 heavy (non-hydrogen) atoms. The molecule has 1 amide bonds. The molecule has 7 nitrogen and oxygen atoms in total. The number of sulfonamides is 1. The minimum atomic E-state index is -3.96. The first kappa shape index (κ1) is 17.0. The lowest BCUT2D eigenvalue weighted by molar-refractivity contribution is -0.139. The number of fused-ring (bicyclic) bond motifs is 1. The van der Waals surface area contributed by atoms with Crippen molar-refractivity contribution < 1.29 is 22.7 Å². The Morgan fingerprint density at radius 2 is 1.72 bits per heavy atom. The highest BCUT2D eigenvalue weighted by Gasteiger charge is 2.37. The summed E-state index contributed by atoms with van der Waals surface area (Å²) in [4.78, 5) is 25.5. The number of carbonyl (C=O) groups excluding carboxylic acids is 2. The summed E-state index contributed by atoms with van der Waals surface area (Å²) in [6.07, 6.45) is 0. The van der Waals surface area contributed by atoms with Gasteiger partial charge in [0.15, 0.2) is 0 Å². The molecule has 2 aromatic carbocycles. The molecule has 130 valence electrons. The van der Waals surface area contributed by atoms with Crippen molar-refractivity contribution in [3.63, 3.8) is 0 Å². The predicted molar refractivity (Wildman–Crippen MR) is 91.8 cm³/mol. The highest BCUT2D eigenvalue weighted by molar-refractivity contribution is 7.93. The lowest BCUT2D eigenvalue weighted by Gasteiger charge is -2.21. The Kier molecular flexibility index (Phi) is 4.45. The molecule has 0 saturated carbocycles. The average Bonchev–Trinajstić information content (AvgIpc) is 2.71. The van der Waals surface area contributed by atoms with Crippen LogP contribution in [0.3, 0.4) is 0 Å². The van der Waals surface area contributed by atoms with Gasteiger partial charge in [-0.1, -0.05) is 30.3 Å². The first-order chi connectivity index (χ1) is 11.9. The highest BCUT2D eigenvalue weighted by atomic mass is 32.2. The Morgan fingerprint density at radius 1 is 1.08 bits per heavy atom. The van der Waals surface area contributed by atoms with E-state index in [0.717, 1.165) is 9.21 Å². The monoisotopic (exact) mass is 360 g/mol. The van der Waals surface area contributed by atoms with Crippen LogP contribution < -0.4 is 9.21 Å². The highest BCUT2D eigenvalue weighted by Crippen LogP contribution is 2.33. The van der Waals surface area contributed by atoms with Gasteiger partial charge < -0.3 is 4.74 Å². The van der Waals surface area contributed by atoms with Crippen molar-refractivity contribution in [2.75, 3.05) is 29.4 Å². The lowest BCUT2D eigenvalue weighted by atomic mass is 10.2. The van der Waals surface area contributed by atoms with E-state index in [1.807, 2.05) is 0 Å². The van der Waals surface area contributed by atoms with Crippen molar-refractivity contribution in [2.24, 2.45) is 0 Å². The maximum absolute atomic E-state index is 13.1. The van der Waals surface area contributed by atoms with Crippen LogP contribution in [0.5, 0.6) is 0 Å². The van der Waals surface area contributed by atoms with Crippen molar-refractivity contribution in [1.29, 1.82) is 0 Å². The molecule has 0 radical (unpaired) electrons. The molecule has 0 unspecified atom stereocenters. The van der Waals surface area contributed by atoms with Crippen LogP contribution in [0, 0.1) is 0 Å². The van der Waals surface area contributed by atoms with E-state index in [1.54, 1.807) is 42.5 Å². The Labute approximate surface area is 145 Å². The third-order valence-electron chi connectivity index (χ3n) is 3.86. The largest absolute Gasteiger partial charge is 0.468 e. The molecule has 0 aliphatic carbocycles. The molecule has 0 bridgehead atoms. The van der Waals surface area contributed by atoms with Gasteiger partial charge in [0, 0.05) is 0 Å². The van der Waals surface area contributed by atoms with Crippen molar-refractivity contribution in [3.8, 4) is 0 Å². The number of para-hydroxylation sites is 2. The van der Waals surface area contributed by atoms with Gasteiger partial charge in [-0.2, -0.15) is 0 Å². The van der Waals surface area contributed by atoms with Crippen molar-refractivity contribution in [1.82, 2.24) is 0 Å². The quantitative estimate of drug-likeness (QED) is 0.773. The summed E-state index contributed by atoms with van der Waals surface area (Å²) < 4.78 is 31.9. The number of amides is 1. The van der Waals surface area contributed by atoms with Gasteiger partial charge in [0.25, 0.3) is 10.0 Å². The smallest absolute Gasteiger partial charge is 0.325 e. The number of carbonyl (C=O) groups is 2. The topological polar surface area (TPSA) is 84.0 Å². The van der Waals surface area contributed by atoms with E-state index in [0.29, 0.717) is 5.69 Å². The van der Waals surface area contributed by atoms with Gasteiger partial charge >= 0.3 is 5.97 Å². The molecule has 0 fully saturated rings. The maximum atomic E-state index is 13.1. The molecular formula is C17H16N2O5S. The van der Waals surface area contributed by atoms with Gasteiger partial charge in [-0.15, -0.1) is 0 Å². The van der Waals surface area contributed by atoms with Crippen molar-refractivity contribution >= 4 is 33.3 Å². The number of ether oxygens (including phenoxy) is 1. The van der Waals surface area contributed by atoms with E-state index in [-0.39, 0.29) is 17.1 Å². The molecule has 1 heterocycles. The van der Waals surface area contributed by atoms with Crippen LogP contribution in [-0.4, -0.2) is 40.5 Å². The van der Waals surface area contributed by atoms with Gasteiger partial charge in [0.1, 0.15) is 18.0 Å². The SMILES string of the molecule is COC(=O)CN1C(=O)CN(c2ccccc2)S(=O)(=O)c2ccccc21. The van der Waals surface area contributed by atoms with E-state index in [4.69, 9.17) is 0 Å². The Morgan fingerprint density at radius 3 is 2.40 bits per heavy atom.